The SMILES string of the molecule is Cc1ccc(-n2nnc(CN)c2-c2ccc(Cl)cc2)c(C)c1. The zero-order valence-electron chi connectivity index (χ0n) is 12.5. The van der Waals surface area contributed by atoms with E-state index in [-0.39, 0.29) is 0 Å². The molecule has 112 valence electrons. The molecule has 0 saturated carbocycles. The van der Waals surface area contributed by atoms with Crippen molar-refractivity contribution < 1.29 is 0 Å². The van der Waals surface area contributed by atoms with Gasteiger partial charge in [-0.15, -0.1) is 5.10 Å². The van der Waals surface area contributed by atoms with E-state index in [1.165, 1.54) is 5.56 Å². The Morgan fingerprint density at radius 1 is 1.09 bits per heavy atom. The van der Waals surface area contributed by atoms with E-state index in [2.05, 4.69) is 42.4 Å². The van der Waals surface area contributed by atoms with Crippen LogP contribution in [0.3, 0.4) is 0 Å². The van der Waals surface area contributed by atoms with Crippen molar-refractivity contribution in [1.29, 1.82) is 0 Å². The molecule has 0 radical (unpaired) electrons. The lowest BCUT2D eigenvalue weighted by atomic mass is 10.1. The minimum Gasteiger partial charge on any atom is -0.325 e. The number of nitrogens with zero attached hydrogens (tertiary/aromatic N) is 3. The summed E-state index contributed by atoms with van der Waals surface area (Å²) in [5.41, 5.74) is 11.9. The molecule has 2 N–H and O–H groups in total. The summed E-state index contributed by atoms with van der Waals surface area (Å²) in [5.74, 6) is 0. The first-order valence-electron chi connectivity index (χ1n) is 7.08. The summed E-state index contributed by atoms with van der Waals surface area (Å²) in [6.07, 6.45) is 0. The highest BCUT2D eigenvalue weighted by Crippen LogP contribution is 2.27. The van der Waals surface area contributed by atoms with Gasteiger partial charge >= 0.3 is 0 Å². The molecule has 0 atom stereocenters. The van der Waals surface area contributed by atoms with Gasteiger partial charge in [0.25, 0.3) is 0 Å². The molecule has 1 heterocycles. The normalized spacial score (nSPS) is 10.9. The Morgan fingerprint density at radius 3 is 2.45 bits per heavy atom. The molecule has 4 nitrogen and oxygen atoms in total. The van der Waals surface area contributed by atoms with Crippen molar-refractivity contribution >= 4 is 11.6 Å². The minimum atomic E-state index is 0.336. The predicted molar refractivity (Wildman–Crippen MR) is 89.2 cm³/mol. The van der Waals surface area contributed by atoms with Crippen molar-refractivity contribution in [3.8, 4) is 16.9 Å². The molecular weight excluding hydrogens is 296 g/mol. The predicted octanol–water partition coefficient (Wildman–Crippen LogP) is 3.66. The van der Waals surface area contributed by atoms with Gasteiger partial charge in [0.2, 0.25) is 0 Å². The third-order valence-electron chi connectivity index (χ3n) is 3.63. The number of halogens is 1. The lowest BCUT2D eigenvalue weighted by Crippen LogP contribution is -2.04. The van der Waals surface area contributed by atoms with E-state index in [0.717, 1.165) is 28.2 Å². The van der Waals surface area contributed by atoms with E-state index in [1.54, 1.807) is 0 Å². The molecule has 0 bridgehead atoms. The Kier molecular flexibility index (Phi) is 3.96. The molecule has 0 amide bonds. The molecular formula is C17H17ClN4. The fourth-order valence-electron chi connectivity index (χ4n) is 2.56. The first kappa shape index (κ1) is 14.8. The van der Waals surface area contributed by atoms with E-state index in [1.807, 2.05) is 28.9 Å². The van der Waals surface area contributed by atoms with Crippen LogP contribution in [0.5, 0.6) is 0 Å². The summed E-state index contributed by atoms with van der Waals surface area (Å²) in [6, 6.07) is 13.9. The Hall–Kier alpha value is -2.17. The van der Waals surface area contributed by atoms with Gasteiger partial charge < -0.3 is 5.73 Å². The van der Waals surface area contributed by atoms with Crippen molar-refractivity contribution in [3.05, 3.63) is 64.3 Å². The zero-order chi connectivity index (χ0) is 15.7. The molecule has 0 fully saturated rings. The van der Waals surface area contributed by atoms with Crippen LogP contribution in [-0.2, 0) is 6.54 Å². The standard InChI is InChI=1S/C17H17ClN4/c1-11-3-8-16(12(2)9-11)22-17(15(10-19)20-21-22)13-4-6-14(18)7-5-13/h3-9H,10,19H2,1-2H3. The molecule has 0 aliphatic rings. The zero-order valence-corrected chi connectivity index (χ0v) is 13.3. The monoisotopic (exact) mass is 312 g/mol. The van der Waals surface area contributed by atoms with E-state index in [4.69, 9.17) is 17.3 Å². The Morgan fingerprint density at radius 2 is 1.82 bits per heavy atom. The van der Waals surface area contributed by atoms with Gasteiger partial charge in [0.05, 0.1) is 11.4 Å². The first-order valence-corrected chi connectivity index (χ1v) is 7.46. The molecule has 0 aliphatic heterocycles. The third-order valence-corrected chi connectivity index (χ3v) is 3.88. The van der Waals surface area contributed by atoms with E-state index in [9.17, 15) is 0 Å². The number of benzene rings is 2. The molecule has 0 unspecified atom stereocenters. The highest BCUT2D eigenvalue weighted by Gasteiger charge is 2.16. The number of aromatic nitrogens is 3. The number of nitrogens with two attached hydrogens (primary N) is 1. The van der Waals surface area contributed by atoms with Crippen molar-refractivity contribution in [1.82, 2.24) is 15.0 Å². The van der Waals surface area contributed by atoms with Crippen LogP contribution in [0, 0.1) is 13.8 Å². The van der Waals surface area contributed by atoms with Crippen LogP contribution in [0.4, 0.5) is 0 Å². The van der Waals surface area contributed by atoms with Gasteiger partial charge in [-0.05, 0) is 37.6 Å². The van der Waals surface area contributed by atoms with Crippen molar-refractivity contribution in [2.75, 3.05) is 0 Å². The molecule has 2 aromatic carbocycles. The van der Waals surface area contributed by atoms with E-state index >= 15 is 0 Å². The summed E-state index contributed by atoms with van der Waals surface area (Å²) in [7, 11) is 0. The number of aryl methyl sites for hydroxylation is 2. The van der Waals surface area contributed by atoms with E-state index < -0.39 is 0 Å². The largest absolute Gasteiger partial charge is 0.325 e. The second kappa shape index (κ2) is 5.91. The Labute approximate surface area is 134 Å². The van der Waals surface area contributed by atoms with Crippen LogP contribution in [0.15, 0.2) is 42.5 Å². The van der Waals surface area contributed by atoms with Crippen molar-refractivity contribution in [2.45, 2.75) is 20.4 Å². The lowest BCUT2D eigenvalue weighted by molar-refractivity contribution is 0.795. The van der Waals surface area contributed by atoms with Crippen LogP contribution >= 0.6 is 11.6 Å². The molecule has 1 aromatic heterocycles. The fourth-order valence-corrected chi connectivity index (χ4v) is 2.68. The Balaban J connectivity index is 2.21. The van der Waals surface area contributed by atoms with Crippen LogP contribution < -0.4 is 5.73 Å². The molecule has 22 heavy (non-hydrogen) atoms. The average Bonchev–Trinajstić information content (AvgIpc) is 2.92. The highest BCUT2D eigenvalue weighted by atomic mass is 35.5. The van der Waals surface area contributed by atoms with Crippen LogP contribution in [0.25, 0.3) is 16.9 Å². The molecule has 0 spiro atoms. The molecule has 3 aromatic rings. The molecule has 0 saturated heterocycles. The second-order valence-corrected chi connectivity index (χ2v) is 5.73. The highest BCUT2D eigenvalue weighted by molar-refractivity contribution is 6.30. The van der Waals surface area contributed by atoms with Gasteiger partial charge in [0.1, 0.15) is 5.69 Å². The fraction of sp³-hybridized carbons (Fsp3) is 0.176. The van der Waals surface area contributed by atoms with Crippen LogP contribution in [0.2, 0.25) is 5.02 Å². The number of hydrogen-bond acceptors (Lipinski definition) is 3. The number of hydrogen-bond donors (Lipinski definition) is 1. The van der Waals surface area contributed by atoms with Gasteiger partial charge in [0, 0.05) is 17.1 Å². The van der Waals surface area contributed by atoms with Gasteiger partial charge in [-0.25, -0.2) is 4.68 Å². The first-order chi connectivity index (χ1) is 10.6. The Bertz CT molecular complexity index is 806. The maximum absolute atomic E-state index is 5.98. The third kappa shape index (κ3) is 2.63. The van der Waals surface area contributed by atoms with Crippen LogP contribution in [0.1, 0.15) is 16.8 Å². The summed E-state index contributed by atoms with van der Waals surface area (Å²) >= 11 is 5.98. The summed E-state index contributed by atoms with van der Waals surface area (Å²) in [5, 5.41) is 9.23. The topological polar surface area (TPSA) is 56.7 Å². The van der Waals surface area contributed by atoms with Gasteiger partial charge in [0.15, 0.2) is 0 Å². The van der Waals surface area contributed by atoms with Crippen molar-refractivity contribution in [3.63, 3.8) is 0 Å². The second-order valence-electron chi connectivity index (χ2n) is 5.30. The number of rotatable bonds is 3. The van der Waals surface area contributed by atoms with Gasteiger partial charge in [-0.3, -0.25) is 0 Å². The summed E-state index contributed by atoms with van der Waals surface area (Å²) < 4.78 is 1.85. The summed E-state index contributed by atoms with van der Waals surface area (Å²) in [6.45, 7) is 4.48. The molecule has 3 rings (SSSR count). The maximum Gasteiger partial charge on any atom is 0.105 e. The lowest BCUT2D eigenvalue weighted by Gasteiger charge is -2.11. The quantitative estimate of drug-likeness (QED) is 0.803. The van der Waals surface area contributed by atoms with Gasteiger partial charge in [-0.1, -0.05) is 46.6 Å². The van der Waals surface area contributed by atoms with Crippen LogP contribution in [-0.4, -0.2) is 15.0 Å². The van der Waals surface area contributed by atoms with E-state index in [0.29, 0.717) is 11.6 Å². The smallest absolute Gasteiger partial charge is 0.105 e. The maximum atomic E-state index is 5.98. The van der Waals surface area contributed by atoms with Gasteiger partial charge in [-0.2, -0.15) is 0 Å². The molecule has 0 aliphatic carbocycles. The summed E-state index contributed by atoms with van der Waals surface area (Å²) in [4.78, 5) is 0. The average molecular weight is 313 g/mol. The minimum absolute atomic E-state index is 0.336. The van der Waals surface area contributed by atoms with Crippen molar-refractivity contribution in [2.24, 2.45) is 5.73 Å². The molecule has 5 heteroatoms.